The molecular weight excluding hydrogens is 337 g/mol. The molecule has 0 bridgehead atoms. The SMILES string of the molecule is COc1ccccc1NC(=O)[C@@H](C)N(C)CC(=O)Nc1ccc(F)cc1. The number of carbonyl (C=O) groups is 2. The molecular formula is C19H22FN3O3. The van der Waals surface area contributed by atoms with Crippen molar-refractivity contribution in [1.29, 1.82) is 0 Å². The number of hydrogen-bond donors (Lipinski definition) is 2. The Hall–Kier alpha value is -2.93. The lowest BCUT2D eigenvalue weighted by Gasteiger charge is -2.23. The smallest absolute Gasteiger partial charge is 0.241 e. The van der Waals surface area contributed by atoms with Crippen molar-refractivity contribution < 1.29 is 18.7 Å². The first-order chi connectivity index (χ1) is 12.4. The minimum atomic E-state index is -0.543. The number of hydrogen-bond acceptors (Lipinski definition) is 4. The zero-order chi connectivity index (χ0) is 19.1. The van der Waals surface area contributed by atoms with Crippen LogP contribution in [-0.4, -0.2) is 43.5 Å². The number of nitrogens with zero attached hydrogens (tertiary/aromatic N) is 1. The number of methoxy groups -OCH3 is 1. The summed E-state index contributed by atoms with van der Waals surface area (Å²) in [5.41, 5.74) is 1.06. The van der Waals surface area contributed by atoms with Gasteiger partial charge in [0.05, 0.1) is 25.4 Å². The van der Waals surface area contributed by atoms with Crippen LogP contribution in [0.1, 0.15) is 6.92 Å². The molecule has 0 aromatic heterocycles. The van der Waals surface area contributed by atoms with Crippen LogP contribution in [0.4, 0.5) is 15.8 Å². The summed E-state index contributed by atoms with van der Waals surface area (Å²) in [5.74, 6) is -0.367. The van der Waals surface area contributed by atoms with E-state index in [0.717, 1.165) is 0 Å². The fraction of sp³-hybridized carbons (Fsp3) is 0.263. The molecule has 2 N–H and O–H groups in total. The Morgan fingerprint density at radius 1 is 1.12 bits per heavy atom. The highest BCUT2D eigenvalue weighted by Crippen LogP contribution is 2.23. The summed E-state index contributed by atoms with van der Waals surface area (Å²) in [6.45, 7) is 1.72. The van der Waals surface area contributed by atoms with E-state index < -0.39 is 6.04 Å². The van der Waals surface area contributed by atoms with Crippen molar-refractivity contribution in [2.75, 3.05) is 31.3 Å². The van der Waals surface area contributed by atoms with Crippen molar-refractivity contribution >= 4 is 23.2 Å². The maximum atomic E-state index is 12.9. The van der Waals surface area contributed by atoms with Gasteiger partial charge in [-0.3, -0.25) is 14.5 Å². The number of likely N-dealkylation sites (N-methyl/N-ethyl adjacent to an activating group) is 1. The lowest BCUT2D eigenvalue weighted by Crippen LogP contribution is -2.43. The van der Waals surface area contributed by atoms with Crippen LogP contribution in [-0.2, 0) is 9.59 Å². The first-order valence-electron chi connectivity index (χ1n) is 8.10. The number of anilines is 2. The molecule has 2 amide bonds. The van der Waals surface area contributed by atoms with Crippen molar-refractivity contribution in [2.45, 2.75) is 13.0 Å². The van der Waals surface area contributed by atoms with Gasteiger partial charge in [-0.05, 0) is 50.4 Å². The summed E-state index contributed by atoms with van der Waals surface area (Å²) < 4.78 is 18.1. The number of rotatable bonds is 7. The Morgan fingerprint density at radius 2 is 1.77 bits per heavy atom. The first kappa shape index (κ1) is 19.4. The highest BCUT2D eigenvalue weighted by Gasteiger charge is 2.21. The molecule has 138 valence electrons. The van der Waals surface area contributed by atoms with E-state index in [9.17, 15) is 14.0 Å². The molecule has 0 aliphatic rings. The zero-order valence-corrected chi connectivity index (χ0v) is 15.0. The molecule has 7 heteroatoms. The lowest BCUT2D eigenvalue weighted by atomic mass is 10.2. The van der Waals surface area contributed by atoms with Gasteiger partial charge in [-0.15, -0.1) is 0 Å². The minimum absolute atomic E-state index is 0.0118. The highest BCUT2D eigenvalue weighted by atomic mass is 19.1. The normalized spacial score (nSPS) is 11.7. The average molecular weight is 359 g/mol. The van der Waals surface area contributed by atoms with Gasteiger partial charge in [-0.1, -0.05) is 12.1 Å². The molecule has 2 rings (SSSR count). The van der Waals surface area contributed by atoms with Crippen LogP contribution in [0.25, 0.3) is 0 Å². The van der Waals surface area contributed by atoms with E-state index in [1.54, 1.807) is 37.1 Å². The third-order valence-corrected chi connectivity index (χ3v) is 3.93. The molecule has 26 heavy (non-hydrogen) atoms. The highest BCUT2D eigenvalue weighted by molar-refractivity contribution is 5.97. The van der Waals surface area contributed by atoms with Gasteiger partial charge in [0, 0.05) is 5.69 Å². The van der Waals surface area contributed by atoms with Crippen LogP contribution in [0, 0.1) is 5.82 Å². The quantitative estimate of drug-likeness (QED) is 0.797. The maximum Gasteiger partial charge on any atom is 0.241 e. The van der Waals surface area contributed by atoms with Crippen LogP contribution in [0.2, 0.25) is 0 Å². The molecule has 6 nitrogen and oxygen atoms in total. The molecule has 0 saturated carbocycles. The second-order valence-corrected chi connectivity index (χ2v) is 5.84. The number of carbonyl (C=O) groups excluding carboxylic acids is 2. The number of ether oxygens (including phenoxy) is 1. The van der Waals surface area contributed by atoms with Crippen molar-refractivity contribution in [1.82, 2.24) is 4.90 Å². The zero-order valence-electron chi connectivity index (χ0n) is 15.0. The van der Waals surface area contributed by atoms with Gasteiger partial charge in [-0.25, -0.2) is 4.39 Å². The van der Waals surface area contributed by atoms with E-state index in [4.69, 9.17) is 4.74 Å². The van der Waals surface area contributed by atoms with Crippen molar-refractivity contribution in [3.05, 3.63) is 54.3 Å². The van der Waals surface area contributed by atoms with Crippen LogP contribution in [0.15, 0.2) is 48.5 Å². The molecule has 2 aromatic rings. The molecule has 1 atom stereocenters. The van der Waals surface area contributed by atoms with Gasteiger partial charge in [0.15, 0.2) is 0 Å². The predicted molar refractivity (Wildman–Crippen MR) is 98.7 cm³/mol. The number of halogens is 1. The van der Waals surface area contributed by atoms with Gasteiger partial charge in [0.25, 0.3) is 0 Å². The fourth-order valence-electron chi connectivity index (χ4n) is 2.28. The summed E-state index contributed by atoms with van der Waals surface area (Å²) in [5, 5.41) is 5.46. The molecule has 2 aromatic carbocycles. The second-order valence-electron chi connectivity index (χ2n) is 5.84. The third-order valence-electron chi connectivity index (χ3n) is 3.93. The Labute approximate surface area is 152 Å². The van der Waals surface area contributed by atoms with Gasteiger partial charge >= 0.3 is 0 Å². The van der Waals surface area contributed by atoms with Crippen LogP contribution in [0.3, 0.4) is 0 Å². The van der Waals surface area contributed by atoms with Gasteiger partial charge in [-0.2, -0.15) is 0 Å². The number of amides is 2. The van der Waals surface area contributed by atoms with Crippen molar-refractivity contribution in [2.24, 2.45) is 0 Å². The summed E-state index contributed by atoms with van der Waals surface area (Å²) in [7, 11) is 3.21. The summed E-state index contributed by atoms with van der Waals surface area (Å²) in [6, 6.07) is 12.0. The Morgan fingerprint density at radius 3 is 2.42 bits per heavy atom. The number of benzene rings is 2. The molecule has 0 fully saturated rings. The van der Waals surface area contributed by atoms with E-state index in [0.29, 0.717) is 17.1 Å². The predicted octanol–water partition coefficient (Wildman–Crippen LogP) is 2.73. The molecule has 0 aliphatic carbocycles. The Kier molecular flexibility index (Phi) is 6.68. The van der Waals surface area contributed by atoms with E-state index >= 15 is 0 Å². The molecule has 0 unspecified atom stereocenters. The molecule has 0 spiro atoms. The van der Waals surface area contributed by atoms with E-state index in [1.807, 2.05) is 6.07 Å². The summed E-state index contributed by atoms with van der Waals surface area (Å²) in [4.78, 5) is 26.1. The topological polar surface area (TPSA) is 70.7 Å². The minimum Gasteiger partial charge on any atom is -0.495 e. The fourth-order valence-corrected chi connectivity index (χ4v) is 2.28. The van der Waals surface area contributed by atoms with Crippen molar-refractivity contribution in [3.63, 3.8) is 0 Å². The lowest BCUT2D eigenvalue weighted by molar-refractivity contribution is -0.122. The Bertz CT molecular complexity index is 765. The number of para-hydroxylation sites is 2. The largest absolute Gasteiger partial charge is 0.495 e. The monoisotopic (exact) mass is 359 g/mol. The van der Waals surface area contributed by atoms with Gasteiger partial charge in [0.2, 0.25) is 11.8 Å². The number of nitrogens with one attached hydrogen (secondary N) is 2. The Balaban J connectivity index is 1.91. The molecule has 0 aliphatic heterocycles. The standard InChI is InChI=1S/C19H22FN3O3/c1-13(19(25)22-16-6-4-5-7-17(16)26-3)23(2)12-18(24)21-15-10-8-14(20)9-11-15/h4-11,13H,12H2,1-3H3,(H,21,24)(H,22,25)/t13-/m1/s1. The van der Waals surface area contributed by atoms with Crippen LogP contribution >= 0.6 is 0 Å². The van der Waals surface area contributed by atoms with E-state index in [2.05, 4.69) is 10.6 Å². The van der Waals surface area contributed by atoms with Gasteiger partial charge in [0.1, 0.15) is 11.6 Å². The maximum absolute atomic E-state index is 12.9. The molecule has 0 saturated heterocycles. The second kappa shape index (κ2) is 8.96. The summed E-state index contributed by atoms with van der Waals surface area (Å²) in [6.07, 6.45) is 0. The third kappa shape index (κ3) is 5.29. The van der Waals surface area contributed by atoms with Crippen molar-refractivity contribution in [3.8, 4) is 5.75 Å². The average Bonchev–Trinajstić information content (AvgIpc) is 2.63. The first-order valence-corrected chi connectivity index (χ1v) is 8.10. The van der Waals surface area contributed by atoms with E-state index in [1.165, 1.54) is 31.4 Å². The molecule has 0 radical (unpaired) electrons. The van der Waals surface area contributed by atoms with E-state index in [-0.39, 0.29) is 24.2 Å². The van der Waals surface area contributed by atoms with Gasteiger partial charge < -0.3 is 15.4 Å². The van der Waals surface area contributed by atoms with Crippen LogP contribution < -0.4 is 15.4 Å². The molecule has 0 heterocycles. The van der Waals surface area contributed by atoms with Crippen LogP contribution in [0.5, 0.6) is 5.75 Å². The summed E-state index contributed by atoms with van der Waals surface area (Å²) >= 11 is 0.